The van der Waals surface area contributed by atoms with E-state index < -0.39 is 0 Å². The molecular formula is C14H15N3O2. The van der Waals surface area contributed by atoms with Gasteiger partial charge in [0, 0.05) is 5.39 Å². The van der Waals surface area contributed by atoms with Crippen molar-refractivity contribution in [2.24, 2.45) is 10.9 Å². The summed E-state index contributed by atoms with van der Waals surface area (Å²) in [6.45, 7) is 0. The number of pyridine rings is 1. The van der Waals surface area contributed by atoms with Crippen LogP contribution in [0.5, 0.6) is 5.88 Å². The maximum Gasteiger partial charge on any atom is 0.225 e. The van der Waals surface area contributed by atoms with Crippen molar-refractivity contribution in [2.75, 3.05) is 0 Å². The van der Waals surface area contributed by atoms with Crippen LogP contribution in [0, 0.1) is 0 Å². The zero-order chi connectivity index (χ0) is 13.2. The number of ether oxygens (including phenoxy) is 1. The highest BCUT2D eigenvalue weighted by Crippen LogP contribution is 2.28. The molecule has 2 aromatic rings. The standard InChI is InChI=1S/C14H15N3O2/c15-13(17-18)11-8-9-4-1-2-7-12(9)16-14(11)19-10-5-3-6-10/h1-2,4,7-8,10,18H,3,5-6H2,(H2,15,17). The normalized spacial score (nSPS) is 16.3. The third-order valence-electron chi connectivity index (χ3n) is 3.40. The van der Waals surface area contributed by atoms with Gasteiger partial charge in [0.05, 0.1) is 11.1 Å². The quantitative estimate of drug-likeness (QED) is 0.382. The van der Waals surface area contributed by atoms with E-state index in [1.807, 2.05) is 30.3 Å². The molecule has 19 heavy (non-hydrogen) atoms. The van der Waals surface area contributed by atoms with Crippen LogP contribution in [0.4, 0.5) is 0 Å². The molecule has 1 aliphatic carbocycles. The van der Waals surface area contributed by atoms with Gasteiger partial charge in [-0.1, -0.05) is 23.4 Å². The molecule has 1 aliphatic rings. The van der Waals surface area contributed by atoms with Crippen LogP contribution in [0.3, 0.4) is 0 Å². The molecule has 0 amide bonds. The zero-order valence-corrected chi connectivity index (χ0v) is 10.4. The Morgan fingerprint density at radius 3 is 2.84 bits per heavy atom. The van der Waals surface area contributed by atoms with Crippen LogP contribution in [-0.4, -0.2) is 22.1 Å². The topological polar surface area (TPSA) is 80.7 Å². The Kier molecular flexibility index (Phi) is 2.95. The van der Waals surface area contributed by atoms with Gasteiger partial charge in [0.15, 0.2) is 5.84 Å². The van der Waals surface area contributed by atoms with E-state index in [-0.39, 0.29) is 11.9 Å². The van der Waals surface area contributed by atoms with E-state index in [4.69, 9.17) is 15.7 Å². The number of oxime groups is 1. The summed E-state index contributed by atoms with van der Waals surface area (Å²) >= 11 is 0. The van der Waals surface area contributed by atoms with Gasteiger partial charge >= 0.3 is 0 Å². The first-order valence-electron chi connectivity index (χ1n) is 6.32. The average molecular weight is 257 g/mol. The van der Waals surface area contributed by atoms with Gasteiger partial charge in [-0.25, -0.2) is 4.98 Å². The molecule has 0 saturated heterocycles. The van der Waals surface area contributed by atoms with Crippen LogP contribution in [0.2, 0.25) is 0 Å². The molecule has 1 fully saturated rings. The first kappa shape index (κ1) is 11.8. The number of nitrogens with zero attached hydrogens (tertiary/aromatic N) is 2. The van der Waals surface area contributed by atoms with E-state index in [0.717, 1.165) is 23.7 Å². The summed E-state index contributed by atoms with van der Waals surface area (Å²) in [4.78, 5) is 4.47. The van der Waals surface area contributed by atoms with Gasteiger partial charge in [0.1, 0.15) is 6.10 Å². The summed E-state index contributed by atoms with van der Waals surface area (Å²) in [5, 5.41) is 12.9. The maximum atomic E-state index is 8.87. The van der Waals surface area contributed by atoms with Crippen LogP contribution in [0.25, 0.3) is 10.9 Å². The van der Waals surface area contributed by atoms with Crippen LogP contribution in [0.1, 0.15) is 24.8 Å². The molecular weight excluding hydrogens is 242 g/mol. The van der Waals surface area contributed by atoms with Crippen molar-refractivity contribution >= 4 is 16.7 Å². The number of hydrogen-bond acceptors (Lipinski definition) is 4. The summed E-state index contributed by atoms with van der Waals surface area (Å²) in [5.74, 6) is 0.464. The monoisotopic (exact) mass is 257 g/mol. The van der Waals surface area contributed by atoms with Gasteiger partial charge in [-0.2, -0.15) is 0 Å². The zero-order valence-electron chi connectivity index (χ0n) is 10.4. The third-order valence-corrected chi connectivity index (χ3v) is 3.40. The molecule has 5 nitrogen and oxygen atoms in total. The number of para-hydroxylation sites is 1. The minimum Gasteiger partial charge on any atom is -0.474 e. The van der Waals surface area contributed by atoms with E-state index in [2.05, 4.69) is 10.1 Å². The second-order valence-electron chi connectivity index (χ2n) is 4.69. The molecule has 0 bridgehead atoms. The van der Waals surface area contributed by atoms with E-state index in [9.17, 15) is 0 Å². The molecule has 0 spiro atoms. The van der Waals surface area contributed by atoms with Gasteiger partial charge in [0.25, 0.3) is 0 Å². The maximum absolute atomic E-state index is 8.87. The van der Waals surface area contributed by atoms with Crippen molar-refractivity contribution < 1.29 is 9.94 Å². The smallest absolute Gasteiger partial charge is 0.225 e. The van der Waals surface area contributed by atoms with Crippen LogP contribution in [-0.2, 0) is 0 Å². The predicted octanol–water partition coefficient (Wildman–Crippen LogP) is 2.26. The van der Waals surface area contributed by atoms with Crippen LogP contribution in [0.15, 0.2) is 35.5 Å². The molecule has 1 aromatic heterocycles. The summed E-state index contributed by atoms with van der Waals surface area (Å²) in [6, 6.07) is 9.53. The number of hydrogen-bond donors (Lipinski definition) is 2. The van der Waals surface area contributed by atoms with Gasteiger partial charge in [0.2, 0.25) is 5.88 Å². The van der Waals surface area contributed by atoms with Crippen molar-refractivity contribution in [3.8, 4) is 5.88 Å². The van der Waals surface area contributed by atoms with Crippen molar-refractivity contribution in [3.05, 3.63) is 35.9 Å². The highest BCUT2D eigenvalue weighted by Gasteiger charge is 2.22. The van der Waals surface area contributed by atoms with E-state index in [1.165, 1.54) is 6.42 Å². The second-order valence-corrected chi connectivity index (χ2v) is 4.69. The summed E-state index contributed by atoms with van der Waals surface area (Å²) < 4.78 is 5.83. The SMILES string of the molecule is NC(=NO)c1cc2ccccc2nc1OC1CCC1. The minimum absolute atomic E-state index is 0.0209. The highest BCUT2D eigenvalue weighted by atomic mass is 16.5. The van der Waals surface area contributed by atoms with E-state index in [0.29, 0.717) is 11.4 Å². The number of fused-ring (bicyclic) bond motifs is 1. The van der Waals surface area contributed by atoms with Gasteiger partial charge < -0.3 is 15.7 Å². The van der Waals surface area contributed by atoms with Crippen molar-refractivity contribution in [1.82, 2.24) is 4.98 Å². The molecule has 1 aromatic carbocycles. The average Bonchev–Trinajstić information content (AvgIpc) is 2.41. The van der Waals surface area contributed by atoms with E-state index in [1.54, 1.807) is 0 Å². The minimum atomic E-state index is 0.0209. The molecule has 98 valence electrons. The molecule has 5 heteroatoms. The summed E-state index contributed by atoms with van der Waals surface area (Å²) in [7, 11) is 0. The van der Waals surface area contributed by atoms with Gasteiger partial charge in [-0.05, 0) is 31.4 Å². The fourth-order valence-electron chi connectivity index (χ4n) is 2.07. The molecule has 0 radical (unpaired) electrons. The molecule has 3 N–H and O–H groups in total. The lowest BCUT2D eigenvalue weighted by molar-refractivity contribution is 0.115. The number of benzene rings is 1. The van der Waals surface area contributed by atoms with Crippen molar-refractivity contribution in [3.63, 3.8) is 0 Å². The first-order valence-corrected chi connectivity index (χ1v) is 6.32. The lowest BCUT2D eigenvalue weighted by Gasteiger charge is -2.26. The van der Waals surface area contributed by atoms with Gasteiger partial charge in [-0.3, -0.25) is 0 Å². The molecule has 0 atom stereocenters. The number of rotatable bonds is 3. The Balaban J connectivity index is 2.09. The van der Waals surface area contributed by atoms with Crippen LogP contribution >= 0.6 is 0 Å². The van der Waals surface area contributed by atoms with E-state index >= 15 is 0 Å². The Hall–Kier alpha value is -2.30. The number of nitrogens with two attached hydrogens (primary N) is 1. The Labute approximate surface area is 110 Å². The Morgan fingerprint density at radius 1 is 1.37 bits per heavy atom. The van der Waals surface area contributed by atoms with Crippen LogP contribution < -0.4 is 10.5 Å². The summed E-state index contributed by atoms with van der Waals surface area (Å²) in [6.07, 6.45) is 3.43. The molecule has 3 rings (SSSR count). The summed E-state index contributed by atoms with van der Waals surface area (Å²) in [5.41, 5.74) is 7.08. The number of amidine groups is 1. The molecule has 0 unspecified atom stereocenters. The third kappa shape index (κ3) is 2.19. The van der Waals surface area contributed by atoms with Crippen molar-refractivity contribution in [2.45, 2.75) is 25.4 Å². The van der Waals surface area contributed by atoms with Gasteiger partial charge in [-0.15, -0.1) is 0 Å². The fraction of sp³-hybridized carbons (Fsp3) is 0.286. The Bertz CT molecular complexity index is 636. The number of aromatic nitrogens is 1. The fourth-order valence-corrected chi connectivity index (χ4v) is 2.07. The van der Waals surface area contributed by atoms with Crippen molar-refractivity contribution in [1.29, 1.82) is 0 Å². The predicted molar refractivity (Wildman–Crippen MR) is 72.5 cm³/mol. The lowest BCUT2D eigenvalue weighted by atomic mass is 9.96. The first-order chi connectivity index (χ1) is 9.28. The second kappa shape index (κ2) is 4.76. The Morgan fingerprint density at radius 2 is 2.16 bits per heavy atom. The molecule has 1 saturated carbocycles. The molecule has 1 heterocycles. The molecule has 0 aliphatic heterocycles. The highest BCUT2D eigenvalue weighted by molar-refractivity contribution is 6.02. The lowest BCUT2D eigenvalue weighted by Crippen LogP contribution is -2.27. The largest absolute Gasteiger partial charge is 0.474 e.